The van der Waals surface area contributed by atoms with Crippen LogP contribution in [0.2, 0.25) is 0 Å². The van der Waals surface area contributed by atoms with Gasteiger partial charge < -0.3 is 14.8 Å². The van der Waals surface area contributed by atoms with Crippen LogP contribution >= 0.6 is 0 Å². The average molecular weight is 251 g/mol. The molecule has 0 aromatic heterocycles. The van der Waals surface area contributed by atoms with Gasteiger partial charge in [0.05, 0.1) is 7.11 Å². The van der Waals surface area contributed by atoms with Gasteiger partial charge in [0, 0.05) is 6.04 Å². The summed E-state index contributed by atoms with van der Waals surface area (Å²) in [6.45, 7) is 6.14. The first kappa shape index (κ1) is 14.4. The summed E-state index contributed by atoms with van der Waals surface area (Å²) in [6.07, 6.45) is 0. The lowest BCUT2D eigenvalue weighted by Crippen LogP contribution is -2.38. The molecule has 1 N–H and O–H groups in total. The lowest BCUT2D eigenvalue weighted by Gasteiger charge is -2.17. The normalized spacial score (nSPS) is 12.1. The third-order valence-electron chi connectivity index (χ3n) is 2.82. The smallest absolute Gasteiger partial charge is 0.258 e. The largest absolute Gasteiger partial charge is 0.497 e. The minimum Gasteiger partial charge on any atom is -0.497 e. The topological polar surface area (TPSA) is 47.6 Å². The molecule has 18 heavy (non-hydrogen) atoms. The highest BCUT2D eigenvalue weighted by molar-refractivity contribution is 5.77. The van der Waals surface area contributed by atoms with Gasteiger partial charge in [0.25, 0.3) is 5.91 Å². The Morgan fingerprint density at radius 3 is 2.22 bits per heavy atom. The molecule has 100 valence electrons. The highest BCUT2D eigenvalue weighted by Gasteiger charge is 2.10. The van der Waals surface area contributed by atoms with Crippen LogP contribution in [-0.4, -0.2) is 25.7 Å². The van der Waals surface area contributed by atoms with Crippen molar-refractivity contribution in [1.82, 2.24) is 5.32 Å². The molecule has 0 spiro atoms. The molecule has 1 aromatic rings. The number of methoxy groups -OCH3 is 1. The second-order valence-electron chi connectivity index (χ2n) is 4.56. The Morgan fingerprint density at radius 1 is 1.17 bits per heavy atom. The zero-order valence-electron chi connectivity index (χ0n) is 11.4. The summed E-state index contributed by atoms with van der Waals surface area (Å²) in [5, 5.41) is 2.88. The average Bonchev–Trinajstić information content (AvgIpc) is 2.36. The van der Waals surface area contributed by atoms with Crippen molar-refractivity contribution in [1.29, 1.82) is 0 Å². The van der Waals surface area contributed by atoms with Crippen LogP contribution in [-0.2, 0) is 4.79 Å². The van der Waals surface area contributed by atoms with Crippen molar-refractivity contribution in [2.75, 3.05) is 13.7 Å². The van der Waals surface area contributed by atoms with Gasteiger partial charge in [-0.05, 0) is 37.1 Å². The summed E-state index contributed by atoms with van der Waals surface area (Å²) in [7, 11) is 1.61. The Labute approximate surface area is 108 Å². The number of carbonyl (C=O) groups is 1. The molecule has 0 saturated carbocycles. The van der Waals surface area contributed by atoms with Crippen molar-refractivity contribution in [3.8, 4) is 11.5 Å². The van der Waals surface area contributed by atoms with Gasteiger partial charge in [0.1, 0.15) is 11.5 Å². The predicted octanol–water partition coefficient (Wildman–Crippen LogP) is 2.23. The predicted molar refractivity (Wildman–Crippen MR) is 70.9 cm³/mol. The summed E-state index contributed by atoms with van der Waals surface area (Å²) < 4.78 is 10.4. The summed E-state index contributed by atoms with van der Waals surface area (Å²) in [5.74, 6) is 1.73. The quantitative estimate of drug-likeness (QED) is 0.843. The summed E-state index contributed by atoms with van der Waals surface area (Å²) in [6, 6.07) is 7.29. The molecule has 1 aromatic carbocycles. The zero-order chi connectivity index (χ0) is 13.5. The van der Waals surface area contributed by atoms with E-state index in [1.165, 1.54) is 0 Å². The first-order chi connectivity index (χ1) is 8.52. The van der Waals surface area contributed by atoms with Crippen molar-refractivity contribution < 1.29 is 14.3 Å². The van der Waals surface area contributed by atoms with Crippen LogP contribution in [0.1, 0.15) is 20.8 Å². The standard InChI is InChI=1S/C14H21NO3/c1-10(2)11(3)15-14(16)9-18-13-7-5-12(17-4)6-8-13/h5-8,10-11H,9H2,1-4H3,(H,15,16)/t11-/m0/s1. The first-order valence-electron chi connectivity index (χ1n) is 6.09. The van der Waals surface area contributed by atoms with Crippen LogP contribution in [0.25, 0.3) is 0 Å². The number of benzene rings is 1. The van der Waals surface area contributed by atoms with E-state index in [1.807, 2.05) is 6.92 Å². The van der Waals surface area contributed by atoms with E-state index in [2.05, 4.69) is 19.2 Å². The van der Waals surface area contributed by atoms with Gasteiger partial charge >= 0.3 is 0 Å². The van der Waals surface area contributed by atoms with Gasteiger partial charge in [0.15, 0.2) is 6.61 Å². The van der Waals surface area contributed by atoms with Crippen LogP contribution in [0.5, 0.6) is 11.5 Å². The van der Waals surface area contributed by atoms with E-state index in [0.717, 1.165) is 5.75 Å². The van der Waals surface area contributed by atoms with E-state index >= 15 is 0 Å². The van der Waals surface area contributed by atoms with Gasteiger partial charge in [-0.2, -0.15) is 0 Å². The Hall–Kier alpha value is -1.71. The second kappa shape index (κ2) is 6.89. The molecule has 0 radical (unpaired) electrons. The van der Waals surface area contributed by atoms with Crippen LogP contribution in [0.15, 0.2) is 24.3 Å². The number of rotatable bonds is 6. The molecule has 0 bridgehead atoms. The fraction of sp³-hybridized carbons (Fsp3) is 0.500. The number of ether oxygens (including phenoxy) is 2. The number of hydrogen-bond donors (Lipinski definition) is 1. The van der Waals surface area contributed by atoms with Crippen LogP contribution < -0.4 is 14.8 Å². The van der Waals surface area contributed by atoms with Crippen molar-refractivity contribution in [3.05, 3.63) is 24.3 Å². The molecule has 0 aliphatic rings. The van der Waals surface area contributed by atoms with Crippen molar-refractivity contribution in [2.45, 2.75) is 26.8 Å². The molecule has 1 rings (SSSR count). The second-order valence-corrected chi connectivity index (χ2v) is 4.56. The first-order valence-corrected chi connectivity index (χ1v) is 6.09. The van der Waals surface area contributed by atoms with Gasteiger partial charge in [-0.3, -0.25) is 4.79 Å². The molecular weight excluding hydrogens is 230 g/mol. The SMILES string of the molecule is COc1ccc(OCC(=O)N[C@@H](C)C(C)C)cc1. The van der Waals surface area contributed by atoms with Crippen molar-refractivity contribution >= 4 is 5.91 Å². The molecule has 4 nitrogen and oxygen atoms in total. The Bertz CT molecular complexity index is 373. The molecular formula is C14H21NO3. The fourth-order valence-corrected chi connectivity index (χ4v) is 1.28. The maximum Gasteiger partial charge on any atom is 0.258 e. The molecule has 0 aliphatic heterocycles. The van der Waals surface area contributed by atoms with Crippen LogP contribution in [0, 0.1) is 5.92 Å². The minimum absolute atomic E-state index is 0.0311. The fourth-order valence-electron chi connectivity index (χ4n) is 1.28. The van der Waals surface area contributed by atoms with E-state index in [1.54, 1.807) is 31.4 Å². The Balaban J connectivity index is 2.37. The highest BCUT2D eigenvalue weighted by atomic mass is 16.5. The monoisotopic (exact) mass is 251 g/mol. The van der Waals surface area contributed by atoms with Gasteiger partial charge in [-0.15, -0.1) is 0 Å². The lowest BCUT2D eigenvalue weighted by molar-refractivity contribution is -0.124. The lowest BCUT2D eigenvalue weighted by atomic mass is 10.1. The maximum absolute atomic E-state index is 11.6. The Morgan fingerprint density at radius 2 is 1.72 bits per heavy atom. The van der Waals surface area contributed by atoms with Gasteiger partial charge in [0.2, 0.25) is 0 Å². The number of hydrogen-bond acceptors (Lipinski definition) is 3. The van der Waals surface area contributed by atoms with E-state index < -0.39 is 0 Å². The number of nitrogens with one attached hydrogen (secondary N) is 1. The summed E-state index contributed by atoms with van der Waals surface area (Å²) in [5.41, 5.74) is 0. The molecule has 4 heteroatoms. The molecule has 0 unspecified atom stereocenters. The molecule has 0 aliphatic carbocycles. The highest BCUT2D eigenvalue weighted by Crippen LogP contribution is 2.16. The van der Waals surface area contributed by atoms with Gasteiger partial charge in [-0.1, -0.05) is 13.8 Å². The molecule has 1 amide bonds. The molecule has 0 fully saturated rings. The van der Waals surface area contributed by atoms with E-state index in [4.69, 9.17) is 9.47 Å². The molecule has 0 heterocycles. The maximum atomic E-state index is 11.6. The van der Waals surface area contributed by atoms with Crippen LogP contribution in [0.4, 0.5) is 0 Å². The van der Waals surface area contributed by atoms with E-state index in [0.29, 0.717) is 11.7 Å². The molecule has 1 atom stereocenters. The van der Waals surface area contributed by atoms with Crippen molar-refractivity contribution in [3.63, 3.8) is 0 Å². The van der Waals surface area contributed by atoms with Crippen molar-refractivity contribution in [2.24, 2.45) is 5.92 Å². The third kappa shape index (κ3) is 4.65. The molecule has 0 saturated heterocycles. The number of carbonyl (C=O) groups excluding carboxylic acids is 1. The summed E-state index contributed by atoms with van der Waals surface area (Å²) in [4.78, 5) is 11.6. The van der Waals surface area contributed by atoms with Crippen LogP contribution in [0.3, 0.4) is 0 Å². The van der Waals surface area contributed by atoms with Gasteiger partial charge in [-0.25, -0.2) is 0 Å². The summed E-state index contributed by atoms with van der Waals surface area (Å²) >= 11 is 0. The third-order valence-corrected chi connectivity index (χ3v) is 2.82. The Kier molecular flexibility index (Phi) is 5.49. The minimum atomic E-state index is -0.105. The number of amides is 1. The van der Waals surface area contributed by atoms with E-state index in [9.17, 15) is 4.79 Å². The zero-order valence-corrected chi connectivity index (χ0v) is 11.4. The van der Waals surface area contributed by atoms with E-state index in [-0.39, 0.29) is 18.6 Å².